The number of aryl methyl sites for hydroxylation is 1. The van der Waals surface area contributed by atoms with Crippen molar-refractivity contribution in [2.24, 2.45) is 5.92 Å². The Morgan fingerprint density at radius 3 is 2.78 bits per heavy atom. The third kappa shape index (κ3) is 4.12. The van der Waals surface area contributed by atoms with Gasteiger partial charge in [0.1, 0.15) is 13.2 Å². The van der Waals surface area contributed by atoms with Crippen LogP contribution in [0, 0.1) is 12.8 Å². The molecule has 6 heteroatoms. The van der Waals surface area contributed by atoms with E-state index in [1.54, 1.807) is 11.3 Å². The van der Waals surface area contributed by atoms with E-state index in [-0.39, 0.29) is 11.8 Å². The van der Waals surface area contributed by atoms with E-state index in [1.165, 1.54) is 9.75 Å². The van der Waals surface area contributed by atoms with Gasteiger partial charge in [0.25, 0.3) is 0 Å². The average Bonchev–Trinajstić information content (AvgIpc) is 3.10. The van der Waals surface area contributed by atoms with Crippen molar-refractivity contribution in [2.45, 2.75) is 39.3 Å². The zero-order valence-corrected chi connectivity index (χ0v) is 16.7. The van der Waals surface area contributed by atoms with Crippen LogP contribution in [0.4, 0.5) is 5.69 Å². The SMILES string of the molecule is Cc1ccc(CN(C(=O)[C@H]2CCN[C@@H](C)C2)c2ccc3c(c2)OCCO3)s1. The summed E-state index contributed by atoms with van der Waals surface area (Å²) in [6, 6.07) is 10.4. The fourth-order valence-corrected chi connectivity index (χ4v) is 4.68. The number of hydrogen-bond acceptors (Lipinski definition) is 5. The molecule has 2 aliphatic rings. The van der Waals surface area contributed by atoms with Crippen LogP contribution in [0.2, 0.25) is 0 Å². The molecular weight excluding hydrogens is 360 g/mol. The summed E-state index contributed by atoms with van der Waals surface area (Å²) >= 11 is 1.74. The molecule has 2 aromatic rings. The maximum Gasteiger partial charge on any atom is 0.230 e. The minimum absolute atomic E-state index is 0.0514. The molecule has 144 valence electrons. The van der Waals surface area contributed by atoms with E-state index in [9.17, 15) is 4.79 Å². The lowest BCUT2D eigenvalue weighted by Crippen LogP contribution is -2.44. The second-order valence-electron chi connectivity index (χ2n) is 7.34. The molecule has 1 amide bonds. The van der Waals surface area contributed by atoms with Crippen LogP contribution in [0.15, 0.2) is 30.3 Å². The Balaban J connectivity index is 1.63. The van der Waals surface area contributed by atoms with E-state index in [0.29, 0.717) is 25.8 Å². The van der Waals surface area contributed by atoms with Crippen molar-refractivity contribution in [2.75, 3.05) is 24.7 Å². The molecule has 0 aliphatic carbocycles. The molecule has 0 bridgehead atoms. The topological polar surface area (TPSA) is 50.8 Å². The van der Waals surface area contributed by atoms with E-state index >= 15 is 0 Å². The molecule has 2 atom stereocenters. The standard InChI is InChI=1S/C21H26N2O3S/c1-14-11-16(7-8-22-14)21(24)23(13-18-5-3-15(2)27-18)17-4-6-19-20(12-17)26-10-9-25-19/h3-6,12,14,16,22H,7-11,13H2,1-2H3/t14-,16-/m0/s1. The van der Waals surface area contributed by atoms with Gasteiger partial charge in [-0.15, -0.1) is 11.3 Å². The number of hydrogen-bond donors (Lipinski definition) is 1. The maximum absolute atomic E-state index is 13.5. The summed E-state index contributed by atoms with van der Waals surface area (Å²) in [6.07, 6.45) is 1.76. The first-order valence-corrected chi connectivity index (χ1v) is 10.4. The van der Waals surface area contributed by atoms with Crippen LogP contribution in [0.5, 0.6) is 11.5 Å². The summed E-state index contributed by atoms with van der Waals surface area (Å²) in [5, 5.41) is 3.43. The van der Waals surface area contributed by atoms with Crippen LogP contribution in [0.25, 0.3) is 0 Å². The van der Waals surface area contributed by atoms with Gasteiger partial charge < -0.3 is 19.7 Å². The largest absolute Gasteiger partial charge is 0.486 e. The molecule has 27 heavy (non-hydrogen) atoms. The first-order valence-electron chi connectivity index (χ1n) is 9.60. The summed E-state index contributed by atoms with van der Waals surface area (Å²) < 4.78 is 11.4. The monoisotopic (exact) mass is 386 g/mol. The number of rotatable bonds is 4. The number of nitrogens with zero attached hydrogens (tertiary/aromatic N) is 1. The summed E-state index contributed by atoms with van der Waals surface area (Å²) in [6.45, 7) is 6.84. The van der Waals surface area contributed by atoms with Crippen LogP contribution in [0.1, 0.15) is 29.5 Å². The lowest BCUT2D eigenvalue weighted by atomic mass is 9.91. The van der Waals surface area contributed by atoms with Gasteiger partial charge in [-0.2, -0.15) is 0 Å². The highest BCUT2D eigenvalue weighted by atomic mass is 32.1. The first kappa shape index (κ1) is 18.3. The van der Waals surface area contributed by atoms with Gasteiger partial charge in [-0.3, -0.25) is 4.79 Å². The van der Waals surface area contributed by atoms with Gasteiger partial charge in [-0.1, -0.05) is 0 Å². The number of anilines is 1. The Morgan fingerprint density at radius 2 is 2.04 bits per heavy atom. The van der Waals surface area contributed by atoms with Gasteiger partial charge in [0.2, 0.25) is 5.91 Å². The minimum Gasteiger partial charge on any atom is -0.486 e. The van der Waals surface area contributed by atoms with Crippen molar-refractivity contribution in [1.29, 1.82) is 0 Å². The smallest absolute Gasteiger partial charge is 0.230 e. The third-order valence-corrected chi connectivity index (χ3v) is 6.17. The van der Waals surface area contributed by atoms with Crippen molar-refractivity contribution in [3.8, 4) is 11.5 Å². The molecule has 0 saturated carbocycles. The molecule has 2 aliphatic heterocycles. The molecule has 0 unspecified atom stereocenters. The van der Waals surface area contributed by atoms with Crippen LogP contribution in [-0.2, 0) is 11.3 Å². The van der Waals surface area contributed by atoms with Crippen LogP contribution in [-0.4, -0.2) is 31.7 Å². The highest BCUT2D eigenvalue weighted by Crippen LogP contribution is 2.36. The Hall–Kier alpha value is -2.05. The lowest BCUT2D eigenvalue weighted by Gasteiger charge is -2.32. The molecule has 1 saturated heterocycles. The second kappa shape index (κ2) is 7.90. The van der Waals surface area contributed by atoms with Crippen molar-refractivity contribution in [3.05, 3.63) is 40.1 Å². The van der Waals surface area contributed by atoms with Crippen molar-refractivity contribution >= 4 is 22.9 Å². The number of amides is 1. The van der Waals surface area contributed by atoms with Gasteiger partial charge in [-0.25, -0.2) is 0 Å². The molecule has 1 fully saturated rings. The number of thiophene rings is 1. The van der Waals surface area contributed by atoms with Gasteiger partial charge in [0.15, 0.2) is 11.5 Å². The summed E-state index contributed by atoms with van der Waals surface area (Å²) in [5.74, 6) is 1.72. The average molecular weight is 387 g/mol. The molecule has 0 radical (unpaired) electrons. The van der Waals surface area contributed by atoms with E-state index < -0.39 is 0 Å². The van der Waals surface area contributed by atoms with E-state index in [1.807, 2.05) is 23.1 Å². The number of piperidine rings is 1. The number of nitrogens with one attached hydrogen (secondary N) is 1. The number of benzene rings is 1. The van der Waals surface area contributed by atoms with Crippen molar-refractivity contribution < 1.29 is 14.3 Å². The predicted molar refractivity (Wildman–Crippen MR) is 108 cm³/mol. The predicted octanol–water partition coefficient (Wildman–Crippen LogP) is 3.75. The van der Waals surface area contributed by atoms with Crippen LogP contribution < -0.4 is 19.7 Å². The fraction of sp³-hybridized carbons (Fsp3) is 0.476. The molecule has 1 aromatic carbocycles. The van der Waals surface area contributed by atoms with Gasteiger partial charge in [0.05, 0.1) is 6.54 Å². The summed E-state index contributed by atoms with van der Waals surface area (Å²) in [4.78, 5) is 17.8. The van der Waals surface area contributed by atoms with Crippen molar-refractivity contribution in [3.63, 3.8) is 0 Å². The van der Waals surface area contributed by atoms with E-state index in [0.717, 1.165) is 36.6 Å². The Morgan fingerprint density at radius 1 is 1.22 bits per heavy atom. The molecule has 1 aromatic heterocycles. The maximum atomic E-state index is 13.5. The highest BCUT2D eigenvalue weighted by Gasteiger charge is 2.30. The molecule has 5 nitrogen and oxygen atoms in total. The highest BCUT2D eigenvalue weighted by molar-refractivity contribution is 7.11. The number of ether oxygens (including phenoxy) is 2. The Kier molecular flexibility index (Phi) is 5.36. The van der Waals surface area contributed by atoms with Gasteiger partial charge in [-0.05, 0) is 57.5 Å². The van der Waals surface area contributed by atoms with Gasteiger partial charge >= 0.3 is 0 Å². The molecular formula is C21H26N2O3S. The quantitative estimate of drug-likeness (QED) is 0.870. The molecule has 3 heterocycles. The van der Waals surface area contributed by atoms with E-state index in [4.69, 9.17) is 9.47 Å². The number of carbonyl (C=O) groups is 1. The molecule has 4 rings (SSSR count). The molecule has 0 spiro atoms. The van der Waals surface area contributed by atoms with Crippen LogP contribution in [0.3, 0.4) is 0 Å². The van der Waals surface area contributed by atoms with E-state index in [2.05, 4.69) is 31.3 Å². The zero-order valence-electron chi connectivity index (χ0n) is 15.9. The Labute approximate surface area is 164 Å². The summed E-state index contributed by atoms with van der Waals surface area (Å²) in [5.41, 5.74) is 0.876. The number of fused-ring (bicyclic) bond motifs is 1. The third-order valence-electron chi connectivity index (χ3n) is 5.19. The van der Waals surface area contributed by atoms with Gasteiger partial charge in [0, 0.05) is 33.5 Å². The first-order chi connectivity index (χ1) is 13.1. The second-order valence-corrected chi connectivity index (χ2v) is 8.71. The Bertz CT molecular complexity index is 820. The zero-order chi connectivity index (χ0) is 18.8. The number of carbonyl (C=O) groups excluding carboxylic acids is 1. The summed E-state index contributed by atoms with van der Waals surface area (Å²) in [7, 11) is 0. The van der Waals surface area contributed by atoms with Crippen LogP contribution >= 0.6 is 11.3 Å². The van der Waals surface area contributed by atoms with Crippen molar-refractivity contribution in [1.82, 2.24) is 5.32 Å². The molecule has 1 N–H and O–H groups in total. The fourth-order valence-electron chi connectivity index (χ4n) is 3.80. The lowest BCUT2D eigenvalue weighted by molar-refractivity contribution is -0.123. The normalized spacial score (nSPS) is 21.7. The minimum atomic E-state index is 0.0514.